The standard InChI is InChI=1S/C12H20N4/c1-7(2)11-14-12(16-15-11)10-6-13-5-9(10)8-3-4-8/h7-10,13H,3-6H2,1-2H3,(H,14,15,16). The van der Waals surface area contributed by atoms with Gasteiger partial charge < -0.3 is 5.32 Å². The van der Waals surface area contributed by atoms with Crippen LogP contribution in [0.1, 0.15) is 50.2 Å². The van der Waals surface area contributed by atoms with Gasteiger partial charge in [0.1, 0.15) is 5.82 Å². The summed E-state index contributed by atoms with van der Waals surface area (Å²) >= 11 is 0. The van der Waals surface area contributed by atoms with Crippen LogP contribution in [0.15, 0.2) is 0 Å². The minimum atomic E-state index is 0.415. The van der Waals surface area contributed by atoms with E-state index in [1.54, 1.807) is 0 Å². The Morgan fingerprint density at radius 2 is 2.06 bits per heavy atom. The summed E-state index contributed by atoms with van der Waals surface area (Å²) in [6.45, 7) is 6.50. The van der Waals surface area contributed by atoms with Gasteiger partial charge in [0, 0.05) is 18.4 Å². The summed E-state index contributed by atoms with van der Waals surface area (Å²) in [5.74, 6) is 4.76. The molecular formula is C12H20N4. The number of hydrogen-bond acceptors (Lipinski definition) is 3. The molecule has 88 valence electrons. The lowest BCUT2D eigenvalue weighted by atomic mass is 9.91. The van der Waals surface area contributed by atoms with Crippen LogP contribution in [0.3, 0.4) is 0 Å². The minimum absolute atomic E-state index is 0.415. The normalized spacial score (nSPS) is 30.2. The molecule has 0 radical (unpaired) electrons. The van der Waals surface area contributed by atoms with Gasteiger partial charge in [-0.25, -0.2) is 4.98 Å². The Labute approximate surface area is 96.2 Å². The predicted octanol–water partition coefficient (Wildman–Crippen LogP) is 1.64. The van der Waals surface area contributed by atoms with E-state index in [2.05, 4.69) is 34.3 Å². The lowest BCUT2D eigenvalue weighted by Crippen LogP contribution is -2.14. The van der Waals surface area contributed by atoms with E-state index in [0.717, 1.165) is 36.6 Å². The molecule has 1 saturated heterocycles. The average molecular weight is 220 g/mol. The largest absolute Gasteiger partial charge is 0.316 e. The van der Waals surface area contributed by atoms with Crippen molar-refractivity contribution in [2.24, 2.45) is 11.8 Å². The fraction of sp³-hybridized carbons (Fsp3) is 0.833. The number of nitrogens with zero attached hydrogens (tertiary/aromatic N) is 2. The number of H-pyrrole nitrogens is 1. The maximum Gasteiger partial charge on any atom is 0.153 e. The van der Waals surface area contributed by atoms with Crippen LogP contribution in [0.2, 0.25) is 0 Å². The van der Waals surface area contributed by atoms with Crippen molar-refractivity contribution in [2.75, 3.05) is 13.1 Å². The first kappa shape index (κ1) is 10.3. The molecule has 4 nitrogen and oxygen atoms in total. The second-order valence-corrected chi connectivity index (χ2v) is 5.50. The van der Waals surface area contributed by atoms with Crippen molar-refractivity contribution < 1.29 is 0 Å². The van der Waals surface area contributed by atoms with E-state index in [4.69, 9.17) is 0 Å². The minimum Gasteiger partial charge on any atom is -0.316 e. The second-order valence-electron chi connectivity index (χ2n) is 5.50. The third-order valence-corrected chi connectivity index (χ3v) is 3.88. The van der Waals surface area contributed by atoms with Gasteiger partial charge in [0.25, 0.3) is 0 Å². The molecule has 1 aliphatic carbocycles. The first-order valence-corrected chi connectivity index (χ1v) is 6.38. The zero-order chi connectivity index (χ0) is 11.1. The molecule has 0 bridgehead atoms. The van der Waals surface area contributed by atoms with Crippen molar-refractivity contribution in [3.8, 4) is 0 Å². The summed E-state index contributed by atoms with van der Waals surface area (Å²) < 4.78 is 0. The molecule has 2 aliphatic rings. The van der Waals surface area contributed by atoms with E-state index >= 15 is 0 Å². The van der Waals surface area contributed by atoms with E-state index in [1.807, 2.05) is 0 Å². The molecule has 0 amide bonds. The molecule has 3 rings (SSSR count). The lowest BCUT2D eigenvalue weighted by Gasteiger charge is -2.14. The van der Waals surface area contributed by atoms with Gasteiger partial charge in [-0.2, -0.15) is 5.10 Å². The summed E-state index contributed by atoms with van der Waals surface area (Å²) in [7, 11) is 0. The van der Waals surface area contributed by atoms with Crippen LogP contribution in [-0.4, -0.2) is 28.3 Å². The zero-order valence-electron chi connectivity index (χ0n) is 10.0. The topological polar surface area (TPSA) is 53.6 Å². The molecule has 2 unspecified atom stereocenters. The predicted molar refractivity (Wildman–Crippen MR) is 62.3 cm³/mol. The molecule has 2 fully saturated rings. The Hall–Kier alpha value is -0.900. The average Bonchev–Trinajstić information content (AvgIpc) is 2.83. The Morgan fingerprint density at radius 1 is 1.25 bits per heavy atom. The molecule has 1 aromatic rings. The quantitative estimate of drug-likeness (QED) is 0.814. The highest BCUT2D eigenvalue weighted by Crippen LogP contribution is 2.44. The number of hydrogen-bond donors (Lipinski definition) is 2. The highest BCUT2D eigenvalue weighted by Gasteiger charge is 2.41. The zero-order valence-corrected chi connectivity index (χ0v) is 10.0. The van der Waals surface area contributed by atoms with E-state index in [1.165, 1.54) is 12.8 Å². The van der Waals surface area contributed by atoms with Crippen LogP contribution >= 0.6 is 0 Å². The molecule has 0 spiro atoms. The summed E-state index contributed by atoms with van der Waals surface area (Å²) in [5.41, 5.74) is 0. The number of aromatic nitrogens is 3. The first-order chi connectivity index (χ1) is 7.75. The van der Waals surface area contributed by atoms with Crippen molar-refractivity contribution in [1.29, 1.82) is 0 Å². The molecular weight excluding hydrogens is 200 g/mol. The molecule has 2 atom stereocenters. The summed E-state index contributed by atoms with van der Waals surface area (Å²) in [6, 6.07) is 0. The van der Waals surface area contributed by atoms with Crippen LogP contribution in [0, 0.1) is 11.8 Å². The van der Waals surface area contributed by atoms with E-state index in [0.29, 0.717) is 11.8 Å². The van der Waals surface area contributed by atoms with E-state index in [-0.39, 0.29) is 0 Å². The lowest BCUT2D eigenvalue weighted by molar-refractivity contribution is 0.443. The fourth-order valence-corrected chi connectivity index (χ4v) is 2.73. The van der Waals surface area contributed by atoms with Crippen molar-refractivity contribution in [3.05, 3.63) is 11.6 Å². The molecule has 1 aliphatic heterocycles. The van der Waals surface area contributed by atoms with Crippen LogP contribution in [0.25, 0.3) is 0 Å². The fourth-order valence-electron chi connectivity index (χ4n) is 2.73. The van der Waals surface area contributed by atoms with Crippen molar-refractivity contribution in [1.82, 2.24) is 20.5 Å². The SMILES string of the molecule is CC(C)c1n[nH]c(C2CNCC2C2CC2)n1. The van der Waals surface area contributed by atoms with Gasteiger partial charge in [0.2, 0.25) is 0 Å². The second kappa shape index (κ2) is 3.84. The van der Waals surface area contributed by atoms with Crippen LogP contribution in [-0.2, 0) is 0 Å². The van der Waals surface area contributed by atoms with Crippen LogP contribution in [0.4, 0.5) is 0 Å². The number of rotatable bonds is 3. The summed E-state index contributed by atoms with van der Waals surface area (Å²) in [6.07, 6.45) is 2.82. The van der Waals surface area contributed by atoms with Gasteiger partial charge in [0.05, 0.1) is 0 Å². The van der Waals surface area contributed by atoms with Gasteiger partial charge >= 0.3 is 0 Å². The molecule has 1 aromatic heterocycles. The van der Waals surface area contributed by atoms with Crippen LogP contribution in [0.5, 0.6) is 0 Å². The molecule has 2 N–H and O–H groups in total. The van der Waals surface area contributed by atoms with Gasteiger partial charge in [-0.3, -0.25) is 5.10 Å². The summed E-state index contributed by atoms with van der Waals surface area (Å²) in [5, 5.41) is 10.9. The Morgan fingerprint density at radius 3 is 2.69 bits per heavy atom. The Kier molecular flexibility index (Phi) is 2.46. The van der Waals surface area contributed by atoms with E-state index in [9.17, 15) is 0 Å². The Bertz CT molecular complexity index is 367. The molecule has 4 heteroatoms. The summed E-state index contributed by atoms with van der Waals surface area (Å²) in [4.78, 5) is 4.65. The maximum absolute atomic E-state index is 4.65. The first-order valence-electron chi connectivity index (χ1n) is 6.38. The monoisotopic (exact) mass is 220 g/mol. The number of aromatic amines is 1. The van der Waals surface area contributed by atoms with Gasteiger partial charge in [-0.05, 0) is 31.2 Å². The highest BCUT2D eigenvalue weighted by atomic mass is 15.2. The highest BCUT2D eigenvalue weighted by molar-refractivity contribution is 5.08. The van der Waals surface area contributed by atoms with Crippen molar-refractivity contribution in [3.63, 3.8) is 0 Å². The molecule has 2 heterocycles. The van der Waals surface area contributed by atoms with Gasteiger partial charge in [-0.15, -0.1) is 0 Å². The smallest absolute Gasteiger partial charge is 0.153 e. The third kappa shape index (κ3) is 1.75. The molecule has 0 aromatic carbocycles. The maximum atomic E-state index is 4.65. The van der Waals surface area contributed by atoms with Gasteiger partial charge in [-0.1, -0.05) is 13.8 Å². The van der Waals surface area contributed by atoms with Gasteiger partial charge in [0.15, 0.2) is 5.82 Å². The molecule has 16 heavy (non-hydrogen) atoms. The van der Waals surface area contributed by atoms with Crippen molar-refractivity contribution in [2.45, 2.75) is 38.5 Å². The van der Waals surface area contributed by atoms with E-state index < -0.39 is 0 Å². The Balaban J connectivity index is 1.79. The van der Waals surface area contributed by atoms with Crippen molar-refractivity contribution >= 4 is 0 Å². The van der Waals surface area contributed by atoms with Crippen LogP contribution < -0.4 is 5.32 Å². The third-order valence-electron chi connectivity index (χ3n) is 3.88. The molecule has 1 saturated carbocycles. The number of nitrogens with one attached hydrogen (secondary N) is 2.